The number of nitriles is 1. The van der Waals surface area contributed by atoms with Gasteiger partial charge in [-0.15, -0.1) is 16.4 Å². The standard InChI is InChI=1S/C25H25ClN6O3S/c1-15(2)31-10-8-17(9-11-31)28-25(33)34-24-23-16(13-27)4-3-5-19(23)32(29-24)14-18-12-20(35-30-18)21-6-7-22(26)36-21/h3-7,12,15,17H,8-11,14H2,1-2H3,(H,28,33). The van der Waals surface area contributed by atoms with Crippen molar-refractivity contribution in [1.29, 1.82) is 5.26 Å². The minimum atomic E-state index is -0.574. The smallest absolute Gasteiger partial charge is 0.389 e. The van der Waals surface area contributed by atoms with Gasteiger partial charge in [0, 0.05) is 31.2 Å². The number of halogens is 1. The van der Waals surface area contributed by atoms with Crippen molar-refractivity contribution in [3.8, 4) is 22.6 Å². The topological polar surface area (TPSA) is 109 Å². The Morgan fingerprint density at radius 3 is 2.83 bits per heavy atom. The molecule has 1 amide bonds. The summed E-state index contributed by atoms with van der Waals surface area (Å²) in [5.74, 6) is 0.698. The summed E-state index contributed by atoms with van der Waals surface area (Å²) in [7, 11) is 0. The molecule has 4 heterocycles. The Labute approximate surface area is 217 Å². The molecule has 0 radical (unpaired) electrons. The lowest BCUT2D eigenvalue weighted by Crippen LogP contribution is -2.47. The molecule has 0 unspecified atom stereocenters. The van der Waals surface area contributed by atoms with Gasteiger partial charge in [0.1, 0.15) is 11.8 Å². The van der Waals surface area contributed by atoms with Crippen molar-refractivity contribution in [2.24, 2.45) is 0 Å². The summed E-state index contributed by atoms with van der Waals surface area (Å²) in [6.45, 7) is 6.47. The van der Waals surface area contributed by atoms with Crippen LogP contribution in [0, 0.1) is 11.3 Å². The first kappa shape index (κ1) is 24.3. The second-order valence-corrected chi connectivity index (χ2v) is 10.7. The summed E-state index contributed by atoms with van der Waals surface area (Å²) >= 11 is 7.43. The Morgan fingerprint density at radius 1 is 1.33 bits per heavy atom. The van der Waals surface area contributed by atoms with Gasteiger partial charge in [-0.2, -0.15) is 5.26 Å². The highest BCUT2D eigenvalue weighted by Gasteiger charge is 2.24. The van der Waals surface area contributed by atoms with Crippen LogP contribution in [-0.4, -0.2) is 51.1 Å². The number of thiophene rings is 1. The van der Waals surface area contributed by atoms with Gasteiger partial charge in [-0.25, -0.2) is 4.79 Å². The van der Waals surface area contributed by atoms with Crippen LogP contribution >= 0.6 is 22.9 Å². The number of nitrogens with zero attached hydrogens (tertiary/aromatic N) is 5. The van der Waals surface area contributed by atoms with Crippen LogP contribution in [-0.2, 0) is 6.54 Å². The summed E-state index contributed by atoms with van der Waals surface area (Å²) in [4.78, 5) is 16.0. The number of hydrogen-bond donors (Lipinski definition) is 1. The SMILES string of the molecule is CC(C)N1CCC(NC(=O)Oc2nn(Cc3cc(-c4ccc(Cl)s4)on3)c3cccc(C#N)c23)CC1. The summed E-state index contributed by atoms with van der Waals surface area (Å²) in [6.07, 6.45) is 1.14. The van der Waals surface area contributed by atoms with Crippen LogP contribution in [0.4, 0.5) is 4.79 Å². The minimum Gasteiger partial charge on any atom is -0.389 e. The highest BCUT2D eigenvalue weighted by Crippen LogP contribution is 2.32. The summed E-state index contributed by atoms with van der Waals surface area (Å²) in [6, 6.07) is 13.5. The van der Waals surface area contributed by atoms with Crippen molar-refractivity contribution in [2.45, 2.75) is 45.3 Å². The number of carbonyl (C=O) groups excluding carboxylic acids is 1. The normalized spacial score (nSPS) is 14.9. The maximum Gasteiger partial charge on any atom is 0.414 e. The molecule has 0 atom stereocenters. The van der Waals surface area contributed by atoms with Crippen LogP contribution in [0.15, 0.2) is 40.9 Å². The van der Waals surface area contributed by atoms with Crippen molar-refractivity contribution in [3.63, 3.8) is 0 Å². The number of aromatic nitrogens is 3. The van der Waals surface area contributed by atoms with Gasteiger partial charge in [0.15, 0.2) is 5.76 Å². The number of nitrogens with one attached hydrogen (secondary N) is 1. The van der Waals surface area contributed by atoms with E-state index in [4.69, 9.17) is 20.9 Å². The van der Waals surface area contributed by atoms with Gasteiger partial charge in [-0.3, -0.25) is 4.68 Å². The van der Waals surface area contributed by atoms with E-state index in [0.29, 0.717) is 38.3 Å². The van der Waals surface area contributed by atoms with E-state index >= 15 is 0 Å². The zero-order valence-corrected chi connectivity index (χ0v) is 21.5. The largest absolute Gasteiger partial charge is 0.414 e. The highest BCUT2D eigenvalue weighted by atomic mass is 35.5. The molecule has 3 aromatic heterocycles. The second kappa shape index (κ2) is 10.3. The molecule has 1 N–H and O–H groups in total. The fraction of sp³-hybridized carbons (Fsp3) is 0.360. The van der Waals surface area contributed by atoms with Crippen molar-refractivity contribution in [2.75, 3.05) is 13.1 Å². The van der Waals surface area contributed by atoms with Crippen LogP contribution in [0.2, 0.25) is 4.34 Å². The third-order valence-corrected chi connectivity index (χ3v) is 7.57. The van der Waals surface area contributed by atoms with E-state index in [1.807, 2.05) is 18.2 Å². The lowest BCUT2D eigenvalue weighted by molar-refractivity contribution is 0.151. The van der Waals surface area contributed by atoms with Crippen molar-refractivity contribution < 1.29 is 14.1 Å². The fourth-order valence-electron chi connectivity index (χ4n) is 4.43. The molecular formula is C25H25ClN6O3S. The molecule has 1 aliphatic rings. The summed E-state index contributed by atoms with van der Waals surface area (Å²) in [5.41, 5.74) is 1.67. The maximum atomic E-state index is 12.8. The van der Waals surface area contributed by atoms with Gasteiger partial charge in [-0.1, -0.05) is 22.8 Å². The number of fused-ring (bicyclic) bond motifs is 1. The zero-order chi connectivity index (χ0) is 25.2. The van der Waals surface area contributed by atoms with Crippen molar-refractivity contribution in [3.05, 3.63) is 52.0 Å². The van der Waals surface area contributed by atoms with Crippen LogP contribution in [0.25, 0.3) is 21.5 Å². The van der Waals surface area contributed by atoms with E-state index in [9.17, 15) is 10.1 Å². The van der Waals surface area contributed by atoms with E-state index in [0.717, 1.165) is 30.8 Å². The Hall–Kier alpha value is -3.39. The van der Waals surface area contributed by atoms with Gasteiger partial charge in [0.25, 0.3) is 5.88 Å². The van der Waals surface area contributed by atoms with Crippen LogP contribution < -0.4 is 10.1 Å². The molecule has 36 heavy (non-hydrogen) atoms. The Morgan fingerprint density at radius 2 is 2.14 bits per heavy atom. The molecule has 0 saturated carbocycles. The average molecular weight is 525 g/mol. The molecule has 1 saturated heterocycles. The molecular weight excluding hydrogens is 500 g/mol. The third kappa shape index (κ3) is 5.09. The average Bonchev–Trinajstić information content (AvgIpc) is 3.59. The molecule has 1 aromatic carbocycles. The summed E-state index contributed by atoms with van der Waals surface area (Å²) < 4.78 is 13.4. The van der Waals surface area contributed by atoms with Crippen LogP contribution in [0.5, 0.6) is 5.88 Å². The van der Waals surface area contributed by atoms with Gasteiger partial charge >= 0.3 is 6.09 Å². The van der Waals surface area contributed by atoms with Gasteiger partial charge in [0.2, 0.25) is 0 Å². The Bertz CT molecular complexity index is 1430. The third-order valence-electron chi connectivity index (χ3n) is 6.32. The molecule has 11 heteroatoms. The van der Waals surface area contributed by atoms with E-state index in [-0.39, 0.29) is 18.5 Å². The van der Waals surface area contributed by atoms with Gasteiger partial charge in [0.05, 0.1) is 32.2 Å². The van der Waals surface area contributed by atoms with Crippen LogP contribution in [0.3, 0.4) is 0 Å². The number of likely N-dealkylation sites (tertiary alicyclic amines) is 1. The first-order valence-corrected chi connectivity index (χ1v) is 12.9. The Balaban J connectivity index is 1.35. The fourth-order valence-corrected chi connectivity index (χ4v) is 5.42. The monoisotopic (exact) mass is 524 g/mol. The number of ether oxygens (including phenoxy) is 1. The number of piperidine rings is 1. The molecule has 186 valence electrons. The molecule has 0 spiro atoms. The van der Waals surface area contributed by atoms with E-state index in [1.165, 1.54) is 11.3 Å². The number of benzene rings is 1. The Kier molecular flexibility index (Phi) is 6.96. The molecule has 1 fully saturated rings. The lowest BCUT2D eigenvalue weighted by Gasteiger charge is -2.34. The van der Waals surface area contributed by atoms with Crippen LogP contribution in [0.1, 0.15) is 37.9 Å². The predicted octanol–water partition coefficient (Wildman–Crippen LogP) is 5.29. The molecule has 4 aromatic rings. The quantitative estimate of drug-likeness (QED) is 0.365. The summed E-state index contributed by atoms with van der Waals surface area (Å²) in [5, 5.41) is 21.8. The number of carbonyl (C=O) groups is 1. The van der Waals surface area contributed by atoms with E-state index < -0.39 is 6.09 Å². The molecule has 0 aliphatic carbocycles. The first-order valence-electron chi connectivity index (χ1n) is 11.7. The molecule has 0 bridgehead atoms. The number of hydrogen-bond acceptors (Lipinski definition) is 8. The highest BCUT2D eigenvalue weighted by molar-refractivity contribution is 7.19. The first-order chi connectivity index (χ1) is 17.4. The zero-order valence-electron chi connectivity index (χ0n) is 19.9. The molecule has 5 rings (SSSR count). The van der Waals surface area contributed by atoms with E-state index in [1.54, 1.807) is 22.9 Å². The number of rotatable bonds is 6. The minimum absolute atomic E-state index is 0.0376. The maximum absolute atomic E-state index is 12.8. The molecule has 9 nitrogen and oxygen atoms in total. The van der Waals surface area contributed by atoms with Gasteiger partial charge in [-0.05, 0) is 51.0 Å². The molecule has 1 aliphatic heterocycles. The van der Waals surface area contributed by atoms with E-state index in [2.05, 4.69) is 40.4 Å². The van der Waals surface area contributed by atoms with Gasteiger partial charge < -0.3 is 19.5 Å². The number of amides is 1. The van der Waals surface area contributed by atoms with Crippen molar-refractivity contribution >= 4 is 39.9 Å². The van der Waals surface area contributed by atoms with Crippen molar-refractivity contribution in [1.82, 2.24) is 25.2 Å². The lowest BCUT2D eigenvalue weighted by atomic mass is 10.0. The second-order valence-electron chi connectivity index (χ2n) is 9.00. The predicted molar refractivity (Wildman–Crippen MR) is 137 cm³/mol.